The standard InChI is InChI=1S/C16H28N4OS.2ClH/c1-3-16-19-14(12-22-16)11-20-8-5-13(6-9-20)10-18-15(21)4-7-17-2;;/h12-13,17H,3-11H2,1-2H3,(H,18,21);2*1H. The number of piperidine rings is 1. The lowest BCUT2D eigenvalue weighted by atomic mass is 9.96. The highest BCUT2D eigenvalue weighted by Gasteiger charge is 2.20. The molecule has 24 heavy (non-hydrogen) atoms. The molecule has 0 unspecified atom stereocenters. The molecule has 1 amide bonds. The summed E-state index contributed by atoms with van der Waals surface area (Å²) in [7, 11) is 1.87. The van der Waals surface area contributed by atoms with Gasteiger partial charge in [0, 0.05) is 31.4 Å². The van der Waals surface area contributed by atoms with E-state index in [1.165, 1.54) is 10.7 Å². The first kappa shape index (κ1) is 23.6. The molecule has 1 aromatic rings. The van der Waals surface area contributed by atoms with Crippen molar-refractivity contribution in [2.45, 2.75) is 39.2 Å². The monoisotopic (exact) mass is 396 g/mol. The Morgan fingerprint density at radius 3 is 2.67 bits per heavy atom. The summed E-state index contributed by atoms with van der Waals surface area (Å²) in [6.07, 6.45) is 3.92. The molecule has 5 nitrogen and oxygen atoms in total. The van der Waals surface area contributed by atoms with Gasteiger partial charge in [0.25, 0.3) is 0 Å². The van der Waals surface area contributed by atoms with E-state index in [9.17, 15) is 4.79 Å². The number of halogens is 2. The van der Waals surface area contributed by atoms with E-state index in [1.54, 1.807) is 11.3 Å². The lowest BCUT2D eigenvalue weighted by molar-refractivity contribution is -0.121. The van der Waals surface area contributed by atoms with Crippen LogP contribution in [0.2, 0.25) is 0 Å². The van der Waals surface area contributed by atoms with Gasteiger partial charge in [-0.25, -0.2) is 4.98 Å². The molecule has 0 aromatic carbocycles. The molecule has 1 saturated heterocycles. The van der Waals surface area contributed by atoms with E-state index in [1.807, 2.05) is 7.05 Å². The topological polar surface area (TPSA) is 57.3 Å². The fourth-order valence-electron chi connectivity index (χ4n) is 2.75. The largest absolute Gasteiger partial charge is 0.356 e. The molecule has 0 aliphatic carbocycles. The van der Waals surface area contributed by atoms with Crippen molar-refractivity contribution < 1.29 is 4.79 Å². The SMILES string of the molecule is CCc1nc(CN2CCC(CNC(=O)CCNC)CC2)cs1.Cl.Cl. The number of aromatic nitrogens is 1. The fraction of sp³-hybridized carbons (Fsp3) is 0.750. The van der Waals surface area contributed by atoms with Crippen LogP contribution < -0.4 is 10.6 Å². The second kappa shape index (κ2) is 12.9. The number of carbonyl (C=O) groups excluding carboxylic acids is 1. The average Bonchev–Trinajstić information content (AvgIpc) is 3.00. The van der Waals surface area contributed by atoms with Gasteiger partial charge in [-0.3, -0.25) is 9.69 Å². The van der Waals surface area contributed by atoms with E-state index in [0.29, 0.717) is 12.3 Å². The van der Waals surface area contributed by atoms with Crippen molar-refractivity contribution >= 4 is 42.1 Å². The van der Waals surface area contributed by atoms with Crippen LogP contribution in [0.15, 0.2) is 5.38 Å². The fourth-order valence-corrected chi connectivity index (χ4v) is 3.48. The van der Waals surface area contributed by atoms with Crippen LogP contribution in [0.25, 0.3) is 0 Å². The van der Waals surface area contributed by atoms with Crippen molar-refractivity contribution in [3.63, 3.8) is 0 Å². The van der Waals surface area contributed by atoms with Crippen LogP contribution in [0.1, 0.15) is 36.9 Å². The molecule has 2 heterocycles. The Hall–Kier alpha value is -0.400. The highest BCUT2D eigenvalue weighted by Crippen LogP contribution is 2.19. The molecule has 0 atom stereocenters. The van der Waals surface area contributed by atoms with Crippen LogP contribution in [0.5, 0.6) is 0 Å². The van der Waals surface area contributed by atoms with Crippen LogP contribution in [-0.4, -0.2) is 49.0 Å². The highest BCUT2D eigenvalue weighted by atomic mass is 35.5. The first-order valence-corrected chi connectivity index (χ1v) is 9.16. The number of nitrogens with zero attached hydrogens (tertiary/aromatic N) is 2. The summed E-state index contributed by atoms with van der Waals surface area (Å²) in [6.45, 7) is 6.91. The summed E-state index contributed by atoms with van der Waals surface area (Å²) in [6, 6.07) is 0. The quantitative estimate of drug-likeness (QED) is 0.708. The number of nitrogens with one attached hydrogen (secondary N) is 2. The highest BCUT2D eigenvalue weighted by molar-refractivity contribution is 7.09. The van der Waals surface area contributed by atoms with Gasteiger partial charge in [0.1, 0.15) is 0 Å². The maximum Gasteiger partial charge on any atom is 0.221 e. The van der Waals surface area contributed by atoms with Gasteiger partial charge in [0.2, 0.25) is 5.91 Å². The van der Waals surface area contributed by atoms with Crippen molar-refractivity contribution in [3.8, 4) is 0 Å². The minimum Gasteiger partial charge on any atom is -0.356 e. The van der Waals surface area contributed by atoms with Gasteiger partial charge in [0.15, 0.2) is 0 Å². The lowest BCUT2D eigenvalue weighted by Crippen LogP contribution is -2.38. The predicted octanol–water partition coefficient (Wildman–Crippen LogP) is 2.49. The van der Waals surface area contributed by atoms with E-state index < -0.39 is 0 Å². The van der Waals surface area contributed by atoms with E-state index in [0.717, 1.165) is 52.0 Å². The number of amides is 1. The van der Waals surface area contributed by atoms with Crippen molar-refractivity contribution in [2.24, 2.45) is 5.92 Å². The molecule has 0 spiro atoms. The van der Waals surface area contributed by atoms with Crippen molar-refractivity contribution in [2.75, 3.05) is 33.2 Å². The number of thiazole rings is 1. The molecule has 0 bridgehead atoms. The first-order chi connectivity index (χ1) is 10.7. The summed E-state index contributed by atoms with van der Waals surface area (Å²) in [4.78, 5) is 18.7. The summed E-state index contributed by atoms with van der Waals surface area (Å²) >= 11 is 1.77. The Bertz CT molecular complexity index is 465. The normalized spacial score (nSPS) is 15.4. The van der Waals surface area contributed by atoms with Crippen LogP contribution in [0.4, 0.5) is 0 Å². The summed E-state index contributed by atoms with van der Waals surface area (Å²) < 4.78 is 0. The predicted molar refractivity (Wildman–Crippen MR) is 106 cm³/mol. The third-order valence-corrected chi connectivity index (χ3v) is 5.23. The molecule has 0 radical (unpaired) electrons. The van der Waals surface area contributed by atoms with Crippen LogP contribution in [0, 0.1) is 5.92 Å². The molecule has 2 N–H and O–H groups in total. The van der Waals surface area contributed by atoms with E-state index in [4.69, 9.17) is 0 Å². The number of aryl methyl sites for hydroxylation is 1. The molecule has 140 valence electrons. The van der Waals surface area contributed by atoms with Gasteiger partial charge in [0.05, 0.1) is 10.7 Å². The zero-order chi connectivity index (χ0) is 15.8. The third kappa shape index (κ3) is 8.12. The van der Waals surface area contributed by atoms with Gasteiger partial charge in [-0.15, -0.1) is 36.2 Å². The summed E-state index contributed by atoms with van der Waals surface area (Å²) in [5.41, 5.74) is 1.21. The smallest absolute Gasteiger partial charge is 0.221 e. The molecular weight excluding hydrogens is 367 g/mol. The van der Waals surface area contributed by atoms with E-state index in [-0.39, 0.29) is 30.7 Å². The zero-order valence-electron chi connectivity index (χ0n) is 14.5. The van der Waals surface area contributed by atoms with Crippen molar-refractivity contribution in [1.82, 2.24) is 20.5 Å². The summed E-state index contributed by atoms with van der Waals surface area (Å²) in [5, 5.41) is 9.47. The Morgan fingerprint density at radius 2 is 2.08 bits per heavy atom. The van der Waals surface area contributed by atoms with Crippen LogP contribution in [0.3, 0.4) is 0 Å². The van der Waals surface area contributed by atoms with E-state index >= 15 is 0 Å². The second-order valence-electron chi connectivity index (χ2n) is 5.96. The Labute approximate surface area is 161 Å². The minimum absolute atomic E-state index is 0. The first-order valence-electron chi connectivity index (χ1n) is 8.28. The Balaban J connectivity index is 0.00000264. The second-order valence-corrected chi connectivity index (χ2v) is 6.91. The number of rotatable bonds is 8. The number of likely N-dealkylation sites (tertiary alicyclic amines) is 1. The Kier molecular flexibility index (Phi) is 12.7. The zero-order valence-corrected chi connectivity index (χ0v) is 17.0. The molecular formula is C16H30Cl2N4OS. The van der Waals surface area contributed by atoms with Crippen molar-refractivity contribution in [1.29, 1.82) is 0 Å². The van der Waals surface area contributed by atoms with Crippen molar-refractivity contribution in [3.05, 3.63) is 16.1 Å². The number of carbonyl (C=O) groups is 1. The van der Waals surface area contributed by atoms with Crippen LogP contribution in [-0.2, 0) is 17.8 Å². The minimum atomic E-state index is 0. The van der Waals surface area contributed by atoms with E-state index in [2.05, 4.69) is 32.8 Å². The number of hydrogen-bond donors (Lipinski definition) is 2. The molecule has 1 aliphatic heterocycles. The van der Waals surface area contributed by atoms with Gasteiger partial charge in [-0.2, -0.15) is 0 Å². The number of hydrogen-bond acceptors (Lipinski definition) is 5. The molecule has 1 fully saturated rings. The van der Waals surface area contributed by atoms with Crippen LogP contribution >= 0.6 is 36.2 Å². The lowest BCUT2D eigenvalue weighted by Gasteiger charge is -2.31. The molecule has 2 rings (SSSR count). The average molecular weight is 397 g/mol. The molecule has 0 saturated carbocycles. The van der Waals surface area contributed by atoms with Gasteiger partial charge < -0.3 is 10.6 Å². The maximum absolute atomic E-state index is 11.6. The third-order valence-electron chi connectivity index (χ3n) is 4.18. The van der Waals surface area contributed by atoms with Gasteiger partial charge in [-0.05, 0) is 45.3 Å². The molecule has 1 aromatic heterocycles. The summed E-state index contributed by atoms with van der Waals surface area (Å²) in [5.74, 6) is 0.780. The Morgan fingerprint density at radius 1 is 1.38 bits per heavy atom. The molecule has 1 aliphatic rings. The van der Waals surface area contributed by atoms with Gasteiger partial charge in [-0.1, -0.05) is 6.92 Å². The van der Waals surface area contributed by atoms with Gasteiger partial charge >= 0.3 is 0 Å². The molecule has 8 heteroatoms. The maximum atomic E-state index is 11.6.